The van der Waals surface area contributed by atoms with Gasteiger partial charge in [-0.2, -0.15) is 0 Å². The van der Waals surface area contributed by atoms with Gasteiger partial charge >= 0.3 is 0 Å². The maximum absolute atomic E-state index is 11.3. The van der Waals surface area contributed by atoms with Gasteiger partial charge in [-0.15, -0.1) is 0 Å². The number of hydrogen-bond acceptors (Lipinski definition) is 6. The van der Waals surface area contributed by atoms with E-state index in [1.165, 1.54) is 12.1 Å². The maximum Gasteiger partial charge on any atom is 0.238 e. The van der Waals surface area contributed by atoms with Crippen molar-refractivity contribution in [2.24, 2.45) is 5.14 Å². The van der Waals surface area contributed by atoms with Gasteiger partial charge in [0.05, 0.1) is 21.9 Å². The second-order valence-corrected chi connectivity index (χ2v) is 7.02. The van der Waals surface area contributed by atoms with Gasteiger partial charge in [0.2, 0.25) is 10.0 Å². The molecule has 7 nitrogen and oxygen atoms in total. The summed E-state index contributed by atoms with van der Waals surface area (Å²) in [5.41, 5.74) is 6.04. The lowest BCUT2D eigenvalue weighted by Crippen LogP contribution is -2.45. The highest BCUT2D eigenvalue weighted by atomic mass is 32.2. The van der Waals surface area contributed by atoms with E-state index in [2.05, 4.69) is 0 Å². The molecule has 8 heteroatoms. The van der Waals surface area contributed by atoms with Crippen LogP contribution in [0.1, 0.15) is 12.8 Å². The van der Waals surface area contributed by atoms with Crippen LogP contribution >= 0.6 is 0 Å². The zero-order valence-electron chi connectivity index (χ0n) is 11.9. The lowest BCUT2D eigenvalue weighted by atomic mass is 9.93. The molecule has 1 saturated heterocycles. The molecule has 0 aliphatic carbocycles. The monoisotopic (exact) mass is 315 g/mol. The van der Waals surface area contributed by atoms with Gasteiger partial charge in [-0.25, -0.2) is 13.6 Å². The van der Waals surface area contributed by atoms with Gasteiger partial charge < -0.3 is 20.5 Å². The Bertz CT molecular complexity index is 612. The molecule has 118 valence electrons. The van der Waals surface area contributed by atoms with Gasteiger partial charge in [0.1, 0.15) is 0 Å². The van der Waals surface area contributed by atoms with Crippen LogP contribution in [0.5, 0.6) is 0 Å². The Morgan fingerprint density at radius 1 is 1.38 bits per heavy atom. The number of primary sulfonamides is 1. The lowest BCUT2D eigenvalue weighted by Gasteiger charge is -2.36. The van der Waals surface area contributed by atoms with Crippen molar-refractivity contribution in [2.75, 3.05) is 37.4 Å². The van der Waals surface area contributed by atoms with Crippen LogP contribution in [0.15, 0.2) is 23.1 Å². The molecule has 0 amide bonds. The topological polar surface area (TPSA) is 119 Å². The number of sulfonamides is 1. The normalized spacial score (nSPS) is 18.4. The number of benzene rings is 1. The first-order chi connectivity index (χ1) is 9.71. The van der Waals surface area contributed by atoms with Crippen LogP contribution in [0.25, 0.3) is 0 Å². The second-order valence-electron chi connectivity index (χ2n) is 5.46. The van der Waals surface area contributed by atoms with E-state index in [1.54, 1.807) is 13.1 Å². The summed E-state index contributed by atoms with van der Waals surface area (Å²) >= 11 is 0. The molecule has 0 saturated carbocycles. The second kappa shape index (κ2) is 5.80. The summed E-state index contributed by atoms with van der Waals surface area (Å²) in [5, 5.41) is 15.6. The average Bonchev–Trinajstić information content (AvgIpc) is 2.37. The Kier molecular flexibility index (Phi) is 4.43. The van der Waals surface area contributed by atoms with Crippen LogP contribution in [-0.2, 0) is 14.8 Å². The first kappa shape index (κ1) is 16.0. The van der Waals surface area contributed by atoms with Crippen molar-refractivity contribution in [3.05, 3.63) is 18.2 Å². The Labute approximate surface area is 124 Å². The van der Waals surface area contributed by atoms with E-state index < -0.39 is 15.6 Å². The number of rotatable bonds is 4. The molecule has 2 rings (SSSR count). The molecule has 1 aromatic rings. The Balaban J connectivity index is 2.18. The van der Waals surface area contributed by atoms with Crippen molar-refractivity contribution in [1.82, 2.24) is 0 Å². The third-order valence-electron chi connectivity index (χ3n) is 3.69. The van der Waals surface area contributed by atoms with Crippen molar-refractivity contribution in [3.63, 3.8) is 0 Å². The number of nitrogens with zero attached hydrogens (tertiary/aromatic N) is 1. The molecule has 1 heterocycles. The van der Waals surface area contributed by atoms with Crippen LogP contribution in [0.4, 0.5) is 11.4 Å². The summed E-state index contributed by atoms with van der Waals surface area (Å²) in [5.74, 6) is 0. The molecule has 1 aromatic carbocycles. The molecule has 0 bridgehead atoms. The number of anilines is 2. The number of nitrogens with two attached hydrogens (primary N) is 2. The molecule has 1 fully saturated rings. The summed E-state index contributed by atoms with van der Waals surface area (Å²) in [6, 6.07) is 4.33. The van der Waals surface area contributed by atoms with Crippen molar-refractivity contribution in [2.45, 2.75) is 23.3 Å². The largest absolute Gasteiger partial charge is 0.397 e. The lowest BCUT2D eigenvalue weighted by molar-refractivity contribution is -0.0572. The zero-order chi connectivity index (χ0) is 15.7. The van der Waals surface area contributed by atoms with Crippen molar-refractivity contribution in [3.8, 4) is 0 Å². The SMILES string of the molecule is CN(CC1(O)CCOCC1)c1ccc(S(N)(=O)=O)cc1N. The molecule has 0 spiro atoms. The minimum Gasteiger partial charge on any atom is -0.397 e. The number of likely N-dealkylation sites (N-methyl/N-ethyl adjacent to an activating group) is 1. The van der Waals surface area contributed by atoms with Crippen LogP contribution in [0, 0.1) is 0 Å². The van der Waals surface area contributed by atoms with Gasteiger partial charge in [0, 0.05) is 39.6 Å². The number of aliphatic hydroxyl groups is 1. The first-order valence-electron chi connectivity index (χ1n) is 6.65. The summed E-state index contributed by atoms with van der Waals surface area (Å²) in [4.78, 5) is 1.79. The Hall–Kier alpha value is -1.35. The molecule has 0 atom stereocenters. The molecule has 0 unspecified atom stereocenters. The average molecular weight is 315 g/mol. The first-order valence-corrected chi connectivity index (χ1v) is 8.19. The molecule has 1 aliphatic heterocycles. The standard InChI is InChI=1S/C13H21N3O4S/c1-16(9-13(17)4-6-20-7-5-13)12-3-2-10(8-11(12)14)21(15,18)19/h2-3,8,17H,4-7,9,14H2,1H3,(H2,15,18,19). The highest BCUT2D eigenvalue weighted by Gasteiger charge is 2.31. The molecule has 5 N–H and O–H groups in total. The summed E-state index contributed by atoms with van der Waals surface area (Å²) in [6.07, 6.45) is 1.12. The summed E-state index contributed by atoms with van der Waals surface area (Å²) in [6.45, 7) is 1.46. The Morgan fingerprint density at radius 3 is 2.52 bits per heavy atom. The van der Waals surface area contributed by atoms with Gasteiger partial charge in [-0.05, 0) is 18.2 Å². The summed E-state index contributed by atoms with van der Waals surface area (Å²) < 4.78 is 27.8. The minimum absolute atomic E-state index is 0.0260. The molecule has 21 heavy (non-hydrogen) atoms. The van der Waals surface area contributed by atoms with Gasteiger partial charge in [-0.1, -0.05) is 0 Å². The third-order valence-corrected chi connectivity index (χ3v) is 4.60. The smallest absolute Gasteiger partial charge is 0.238 e. The van der Waals surface area contributed by atoms with Crippen molar-refractivity contribution < 1.29 is 18.3 Å². The van der Waals surface area contributed by atoms with E-state index in [4.69, 9.17) is 15.6 Å². The van der Waals surface area contributed by atoms with Gasteiger partial charge in [0.25, 0.3) is 0 Å². The molecular formula is C13H21N3O4S. The maximum atomic E-state index is 11.3. The molecule has 1 aliphatic rings. The van der Waals surface area contributed by atoms with Gasteiger partial charge in [0.15, 0.2) is 0 Å². The fourth-order valence-electron chi connectivity index (χ4n) is 2.49. The molecule has 0 aromatic heterocycles. The highest BCUT2D eigenvalue weighted by molar-refractivity contribution is 7.89. The molecule has 0 radical (unpaired) electrons. The predicted molar refractivity (Wildman–Crippen MR) is 80.5 cm³/mol. The van der Waals surface area contributed by atoms with E-state index in [9.17, 15) is 13.5 Å². The summed E-state index contributed by atoms with van der Waals surface area (Å²) in [7, 11) is -1.97. The molecular weight excluding hydrogens is 294 g/mol. The quantitative estimate of drug-likeness (QED) is 0.667. The van der Waals surface area contributed by atoms with E-state index in [-0.39, 0.29) is 4.90 Å². The number of ether oxygens (including phenoxy) is 1. The van der Waals surface area contributed by atoms with E-state index in [1.807, 2.05) is 4.90 Å². The third kappa shape index (κ3) is 3.85. The van der Waals surface area contributed by atoms with Crippen molar-refractivity contribution in [1.29, 1.82) is 0 Å². The highest BCUT2D eigenvalue weighted by Crippen LogP contribution is 2.28. The van der Waals surface area contributed by atoms with Gasteiger partial charge in [-0.3, -0.25) is 0 Å². The van der Waals surface area contributed by atoms with Crippen LogP contribution in [-0.4, -0.2) is 45.9 Å². The van der Waals surface area contributed by atoms with Crippen LogP contribution in [0.3, 0.4) is 0 Å². The minimum atomic E-state index is -3.77. The number of nitrogen functional groups attached to an aromatic ring is 1. The zero-order valence-corrected chi connectivity index (χ0v) is 12.8. The fourth-order valence-corrected chi connectivity index (χ4v) is 3.04. The van der Waals surface area contributed by atoms with Crippen LogP contribution in [0.2, 0.25) is 0 Å². The van der Waals surface area contributed by atoms with E-state index >= 15 is 0 Å². The predicted octanol–water partition coefficient (Wildman–Crippen LogP) is -0.106. The van der Waals surface area contributed by atoms with Crippen molar-refractivity contribution >= 4 is 21.4 Å². The Morgan fingerprint density at radius 2 is 2.00 bits per heavy atom. The van der Waals surface area contributed by atoms with Crippen LogP contribution < -0.4 is 15.8 Å². The van der Waals surface area contributed by atoms with E-state index in [0.717, 1.165) is 0 Å². The number of hydrogen-bond donors (Lipinski definition) is 3. The van der Waals surface area contributed by atoms with E-state index in [0.29, 0.717) is 44.0 Å². The fraction of sp³-hybridized carbons (Fsp3) is 0.538.